The van der Waals surface area contributed by atoms with E-state index in [9.17, 15) is 14.3 Å². The lowest BCUT2D eigenvalue weighted by molar-refractivity contribution is -0.0478. The van der Waals surface area contributed by atoms with Gasteiger partial charge in [-0.15, -0.1) is 0 Å². The lowest BCUT2D eigenvalue weighted by Crippen LogP contribution is -2.55. The average molecular weight is 245 g/mol. The summed E-state index contributed by atoms with van der Waals surface area (Å²) in [4.78, 5) is 13.5. The van der Waals surface area contributed by atoms with E-state index in [1.54, 1.807) is 20.8 Å². The number of carbonyl (C=O) groups excluding carboxylic acids is 1. The van der Waals surface area contributed by atoms with Crippen molar-refractivity contribution in [3.8, 4) is 0 Å². The van der Waals surface area contributed by atoms with Crippen LogP contribution in [0.5, 0.6) is 0 Å². The number of hydrogen-bond donors (Lipinski definition) is 1. The predicted molar refractivity (Wildman–Crippen MR) is 60.4 cm³/mol. The van der Waals surface area contributed by atoms with Crippen molar-refractivity contribution in [2.45, 2.75) is 70.0 Å². The van der Waals surface area contributed by atoms with E-state index in [-0.39, 0.29) is 6.04 Å². The average Bonchev–Trinajstić information content (AvgIpc) is 2.51. The molecule has 2 saturated heterocycles. The highest BCUT2D eigenvalue weighted by Gasteiger charge is 2.50. The van der Waals surface area contributed by atoms with Crippen molar-refractivity contribution < 1.29 is 19.0 Å². The normalized spacial score (nSPS) is 37.1. The molecule has 2 rings (SSSR count). The first-order valence-electron chi connectivity index (χ1n) is 6.13. The number of piperidine rings is 1. The molecule has 98 valence electrons. The molecule has 2 heterocycles. The standard InChI is InChI=1S/C12H20FNO3/c1-12(2,3)17-11(16)14-7-4-5-8(14)10(13)9(15)6-7/h7-10,15H,4-6H2,1-3H3/t7?,8?,9-,10+/m1/s1. The van der Waals surface area contributed by atoms with Crippen molar-refractivity contribution in [1.29, 1.82) is 0 Å². The minimum absolute atomic E-state index is 0.0724. The van der Waals surface area contributed by atoms with Crippen molar-refractivity contribution in [2.75, 3.05) is 0 Å². The fourth-order valence-corrected chi connectivity index (χ4v) is 2.72. The fourth-order valence-electron chi connectivity index (χ4n) is 2.72. The molecule has 17 heavy (non-hydrogen) atoms. The van der Waals surface area contributed by atoms with Gasteiger partial charge in [0.2, 0.25) is 0 Å². The van der Waals surface area contributed by atoms with Crippen LogP contribution in [0.3, 0.4) is 0 Å². The van der Waals surface area contributed by atoms with Crippen LogP contribution in [-0.4, -0.2) is 46.1 Å². The Bertz CT molecular complexity index is 315. The topological polar surface area (TPSA) is 49.8 Å². The van der Waals surface area contributed by atoms with Gasteiger partial charge in [0.15, 0.2) is 0 Å². The summed E-state index contributed by atoms with van der Waals surface area (Å²) in [6.07, 6.45) is -1.06. The van der Waals surface area contributed by atoms with Crippen LogP contribution in [0.1, 0.15) is 40.0 Å². The maximum Gasteiger partial charge on any atom is 0.410 e. The molecule has 2 aliphatic heterocycles. The maximum absolute atomic E-state index is 13.8. The summed E-state index contributed by atoms with van der Waals surface area (Å²) in [6.45, 7) is 5.37. The van der Waals surface area contributed by atoms with Crippen LogP contribution in [0, 0.1) is 0 Å². The number of amides is 1. The molecule has 2 unspecified atom stereocenters. The summed E-state index contributed by atoms with van der Waals surface area (Å²) < 4.78 is 19.1. The van der Waals surface area contributed by atoms with E-state index in [0.29, 0.717) is 12.8 Å². The number of rotatable bonds is 0. The first-order chi connectivity index (χ1) is 7.79. The minimum Gasteiger partial charge on any atom is -0.444 e. The first kappa shape index (κ1) is 12.6. The van der Waals surface area contributed by atoms with Gasteiger partial charge in [0.05, 0.1) is 12.1 Å². The van der Waals surface area contributed by atoms with Crippen molar-refractivity contribution in [1.82, 2.24) is 4.90 Å². The molecule has 2 aliphatic rings. The monoisotopic (exact) mass is 245 g/mol. The third-order valence-corrected chi connectivity index (χ3v) is 3.40. The Kier molecular flexibility index (Phi) is 3.06. The van der Waals surface area contributed by atoms with Gasteiger partial charge < -0.3 is 9.84 Å². The summed E-state index contributed by atoms with van der Waals surface area (Å²) in [5, 5.41) is 9.54. The molecule has 0 aromatic rings. The molecule has 4 nitrogen and oxygen atoms in total. The van der Waals surface area contributed by atoms with Crippen LogP contribution in [-0.2, 0) is 4.74 Å². The highest BCUT2D eigenvalue weighted by Crippen LogP contribution is 2.38. The zero-order valence-electron chi connectivity index (χ0n) is 10.5. The van der Waals surface area contributed by atoms with Crippen LogP contribution in [0.25, 0.3) is 0 Å². The number of alkyl halides is 1. The number of halogens is 1. The van der Waals surface area contributed by atoms with E-state index in [1.165, 1.54) is 4.90 Å². The van der Waals surface area contributed by atoms with Crippen LogP contribution in [0.2, 0.25) is 0 Å². The van der Waals surface area contributed by atoms with Gasteiger partial charge in [-0.25, -0.2) is 9.18 Å². The Labute approximate surface area is 101 Å². The second-order valence-corrected chi connectivity index (χ2v) is 5.93. The molecular weight excluding hydrogens is 225 g/mol. The molecule has 4 atom stereocenters. The van der Waals surface area contributed by atoms with E-state index in [2.05, 4.69) is 0 Å². The van der Waals surface area contributed by atoms with Crippen molar-refractivity contribution in [3.63, 3.8) is 0 Å². The zero-order chi connectivity index (χ0) is 12.8. The second-order valence-electron chi connectivity index (χ2n) is 5.93. The van der Waals surface area contributed by atoms with Crippen molar-refractivity contribution >= 4 is 6.09 Å². The second kappa shape index (κ2) is 4.12. The summed E-state index contributed by atoms with van der Waals surface area (Å²) in [5.41, 5.74) is -0.571. The molecule has 2 bridgehead atoms. The zero-order valence-corrected chi connectivity index (χ0v) is 10.5. The van der Waals surface area contributed by atoms with Gasteiger partial charge >= 0.3 is 6.09 Å². The lowest BCUT2D eigenvalue weighted by Gasteiger charge is -2.39. The molecule has 0 aromatic heterocycles. The third-order valence-electron chi connectivity index (χ3n) is 3.40. The van der Waals surface area contributed by atoms with E-state index < -0.39 is 30.0 Å². The summed E-state index contributed by atoms with van der Waals surface area (Å²) in [5.74, 6) is 0. The number of aliphatic hydroxyl groups excluding tert-OH is 1. The Morgan fingerprint density at radius 2 is 2.06 bits per heavy atom. The van der Waals surface area contributed by atoms with E-state index >= 15 is 0 Å². The molecule has 1 amide bonds. The quantitative estimate of drug-likeness (QED) is 0.708. The smallest absolute Gasteiger partial charge is 0.410 e. The van der Waals surface area contributed by atoms with E-state index in [0.717, 1.165) is 6.42 Å². The van der Waals surface area contributed by atoms with Crippen LogP contribution >= 0.6 is 0 Å². The molecule has 0 saturated carbocycles. The first-order valence-corrected chi connectivity index (χ1v) is 6.13. The molecule has 0 aliphatic carbocycles. The fraction of sp³-hybridized carbons (Fsp3) is 0.917. The Morgan fingerprint density at radius 3 is 2.65 bits per heavy atom. The van der Waals surface area contributed by atoms with Gasteiger partial charge in [0, 0.05) is 6.04 Å². The molecular formula is C12H20FNO3. The third kappa shape index (κ3) is 2.39. The molecule has 0 spiro atoms. The highest BCUT2D eigenvalue weighted by atomic mass is 19.1. The molecule has 2 fully saturated rings. The summed E-state index contributed by atoms with van der Waals surface area (Å²) in [7, 11) is 0. The number of nitrogens with zero attached hydrogens (tertiary/aromatic N) is 1. The van der Waals surface area contributed by atoms with Gasteiger partial charge in [-0.1, -0.05) is 0 Å². The summed E-state index contributed by atoms with van der Waals surface area (Å²) >= 11 is 0. The van der Waals surface area contributed by atoms with Crippen LogP contribution < -0.4 is 0 Å². The van der Waals surface area contributed by atoms with E-state index in [4.69, 9.17) is 4.74 Å². The van der Waals surface area contributed by atoms with Crippen molar-refractivity contribution in [2.24, 2.45) is 0 Å². The molecule has 0 radical (unpaired) electrons. The number of fused-ring (bicyclic) bond motifs is 2. The summed E-state index contributed by atoms with van der Waals surface area (Å²) in [6, 6.07) is -0.588. The Morgan fingerprint density at radius 1 is 1.41 bits per heavy atom. The molecule has 0 aromatic carbocycles. The van der Waals surface area contributed by atoms with Crippen LogP contribution in [0.15, 0.2) is 0 Å². The largest absolute Gasteiger partial charge is 0.444 e. The van der Waals surface area contributed by atoms with Crippen LogP contribution in [0.4, 0.5) is 9.18 Å². The van der Waals surface area contributed by atoms with Gasteiger partial charge in [-0.2, -0.15) is 0 Å². The minimum atomic E-state index is -1.35. The highest BCUT2D eigenvalue weighted by molar-refractivity contribution is 5.69. The number of carbonyl (C=O) groups is 1. The Hall–Kier alpha value is -0.840. The molecule has 5 heteroatoms. The number of aliphatic hydroxyl groups is 1. The Balaban J connectivity index is 2.10. The van der Waals surface area contributed by atoms with Gasteiger partial charge in [-0.3, -0.25) is 4.90 Å². The van der Waals surface area contributed by atoms with E-state index in [1.807, 2.05) is 0 Å². The lowest BCUT2D eigenvalue weighted by atomic mass is 9.98. The number of ether oxygens (including phenoxy) is 1. The van der Waals surface area contributed by atoms with Gasteiger partial charge in [0.1, 0.15) is 11.8 Å². The molecule has 1 N–H and O–H groups in total. The number of hydrogen-bond acceptors (Lipinski definition) is 3. The SMILES string of the molecule is CC(C)(C)OC(=O)N1C2CCC1[C@H](F)[C@H](O)C2. The van der Waals surface area contributed by atoms with Gasteiger partial charge in [0.25, 0.3) is 0 Å². The predicted octanol–water partition coefficient (Wildman–Crippen LogP) is 1.86. The van der Waals surface area contributed by atoms with Gasteiger partial charge in [-0.05, 0) is 40.0 Å². The maximum atomic E-state index is 13.8. The van der Waals surface area contributed by atoms with Crippen molar-refractivity contribution in [3.05, 3.63) is 0 Å².